The second-order valence-electron chi connectivity index (χ2n) is 8.99. The van der Waals surface area contributed by atoms with Crippen LogP contribution >= 0.6 is 24.2 Å². The molecule has 3 aromatic rings. The standard InChI is InChI=1S/C27H36N4O2S.ClH/c1-2-21-34-25-14-8-7-13-24(25)30-19-17-29(18-20-30)15-9-3-4-10-16-31-26(32)22-11-5-6-12-23(22)28-27(31)33;/h5-8,11-14H,2-4,9-10,15-21H2,1H3,(H,28,33);1H. The van der Waals surface area contributed by atoms with E-state index >= 15 is 0 Å². The van der Waals surface area contributed by atoms with E-state index in [-0.39, 0.29) is 23.7 Å². The molecule has 0 amide bonds. The topological polar surface area (TPSA) is 61.3 Å². The van der Waals surface area contributed by atoms with Crippen LogP contribution in [0.3, 0.4) is 0 Å². The largest absolute Gasteiger partial charge is 0.368 e. The van der Waals surface area contributed by atoms with E-state index in [4.69, 9.17) is 0 Å². The summed E-state index contributed by atoms with van der Waals surface area (Å²) >= 11 is 1.97. The Bertz CT molecular complexity index is 1190. The van der Waals surface area contributed by atoms with Crippen LogP contribution in [-0.4, -0.2) is 52.9 Å². The number of aromatic amines is 1. The number of nitrogens with one attached hydrogen (secondary N) is 1. The van der Waals surface area contributed by atoms with Crippen LogP contribution < -0.4 is 16.1 Å². The van der Waals surface area contributed by atoms with Gasteiger partial charge in [-0.25, -0.2) is 4.79 Å². The summed E-state index contributed by atoms with van der Waals surface area (Å²) in [5, 5.41) is 0.577. The van der Waals surface area contributed by atoms with Gasteiger partial charge < -0.3 is 9.88 Å². The van der Waals surface area contributed by atoms with Gasteiger partial charge in [-0.05, 0) is 55.8 Å². The molecule has 0 saturated carbocycles. The zero-order valence-corrected chi connectivity index (χ0v) is 22.2. The molecule has 190 valence electrons. The minimum absolute atomic E-state index is 0. The van der Waals surface area contributed by atoms with Crippen LogP contribution in [0.5, 0.6) is 0 Å². The summed E-state index contributed by atoms with van der Waals surface area (Å²) in [7, 11) is 0. The van der Waals surface area contributed by atoms with Gasteiger partial charge in [0.2, 0.25) is 0 Å². The molecule has 1 saturated heterocycles. The number of hydrogen-bond donors (Lipinski definition) is 1. The van der Waals surface area contributed by atoms with Gasteiger partial charge in [-0.1, -0.05) is 44.0 Å². The van der Waals surface area contributed by atoms with Gasteiger partial charge in [0.15, 0.2) is 0 Å². The molecular formula is C27H37ClN4O2S. The van der Waals surface area contributed by atoms with E-state index in [0.717, 1.165) is 58.4 Å². The molecule has 6 nitrogen and oxygen atoms in total. The Labute approximate surface area is 218 Å². The summed E-state index contributed by atoms with van der Waals surface area (Å²) in [6.45, 7) is 8.21. The van der Waals surface area contributed by atoms with Gasteiger partial charge in [0.25, 0.3) is 5.56 Å². The van der Waals surface area contributed by atoms with Gasteiger partial charge in [-0.15, -0.1) is 24.2 Å². The van der Waals surface area contributed by atoms with Crippen LogP contribution in [0.25, 0.3) is 10.9 Å². The first-order chi connectivity index (χ1) is 16.7. The highest BCUT2D eigenvalue weighted by atomic mass is 35.5. The summed E-state index contributed by atoms with van der Waals surface area (Å²) < 4.78 is 1.35. The molecule has 2 heterocycles. The van der Waals surface area contributed by atoms with E-state index in [1.54, 1.807) is 12.1 Å². The van der Waals surface area contributed by atoms with Crippen molar-refractivity contribution in [1.82, 2.24) is 14.5 Å². The number of fused-ring (bicyclic) bond motifs is 1. The molecule has 35 heavy (non-hydrogen) atoms. The predicted octanol–water partition coefficient (Wildman–Crippen LogP) is 5.00. The summed E-state index contributed by atoms with van der Waals surface area (Å²) in [6, 6.07) is 16.0. The third kappa shape index (κ3) is 7.15. The Hall–Kier alpha value is -2.22. The Morgan fingerprint density at radius 2 is 1.54 bits per heavy atom. The molecule has 1 aliphatic heterocycles. The number of thioether (sulfide) groups is 1. The van der Waals surface area contributed by atoms with Gasteiger partial charge >= 0.3 is 5.69 Å². The first-order valence-electron chi connectivity index (χ1n) is 12.6. The van der Waals surface area contributed by atoms with E-state index in [2.05, 4.69) is 46.0 Å². The number of anilines is 1. The minimum Gasteiger partial charge on any atom is -0.368 e. The SMILES string of the molecule is CCCSc1ccccc1N1CCN(CCCCCCn2c(=O)[nH]c3ccccc3c2=O)CC1.Cl. The smallest absolute Gasteiger partial charge is 0.328 e. The Balaban J connectivity index is 0.00000342. The van der Waals surface area contributed by atoms with Crippen molar-refractivity contribution in [3.63, 3.8) is 0 Å². The number of hydrogen-bond acceptors (Lipinski definition) is 5. The molecule has 1 aromatic heterocycles. The number of benzene rings is 2. The zero-order chi connectivity index (χ0) is 23.8. The molecular weight excluding hydrogens is 480 g/mol. The Morgan fingerprint density at radius 3 is 2.31 bits per heavy atom. The molecule has 8 heteroatoms. The van der Waals surface area contributed by atoms with Gasteiger partial charge in [0.1, 0.15) is 0 Å². The molecule has 0 bridgehead atoms. The second kappa shape index (κ2) is 13.8. The Morgan fingerprint density at radius 1 is 0.857 bits per heavy atom. The van der Waals surface area contributed by atoms with E-state index in [1.807, 2.05) is 23.9 Å². The molecule has 0 unspecified atom stereocenters. The van der Waals surface area contributed by atoms with Crippen molar-refractivity contribution >= 4 is 40.8 Å². The number of H-pyrrole nitrogens is 1. The number of unbranched alkanes of at least 4 members (excludes halogenated alkanes) is 3. The number of halogens is 1. The van der Waals surface area contributed by atoms with Crippen molar-refractivity contribution in [3.8, 4) is 0 Å². The highest BCUT2D eigenvalue weighted by Gasteiger charge is 2.18. The van der Waals surface area contributed by atoms with Gasteiger partial charge in [-0.3, -0.25) is 14.3 Å². The summed E-state index contributed by atoms with van der Waals surface area (Å²) in [5.41, 5.74) is 1.50. The maximum atomic E-state index is 12.6. The lowest BCUT2D eigenvalue weighted by molar-refractivity contribution is 0.251. The lowest BCUT2D eigenvalue weighted by atomic mass is 10.1. The maximum Gasteiger partial charge on any atom is 0.328 e. The maximum absolute atomic E-state index is 12.6. The lowest BCUT2D eigenvalue weighted by Crippen LogP contribution is -2.46. The zero-order valence-electron chi connectivity index (χ0n) is 20.6. The lowest BCUT2D eigenvalue weighted by Gasteiger charge is -2.37. The molecule has 0 spiro atoms. The van der Waals surface area contributed by atoms with Crippen molar-refractivity contribution in [2.45, 2.75) is 50.5 Å². The van der Waals surface area contributed by atoms with Crippen LogP contribution in [0.2, 0.25) is 0 Å². The third-order valence-electron chi connectivity index (χ3n) is 6.54. The number of para-hydroxylation sites is 2. The highest BCUT2D eigenvalue weighted by Crippen LogP contribution is 2.31. The molecule has 1 aliphatic rings. The molecule has 0 aliphatic carbocycles. The predicted molar refractivity (Wildman–Crippen MR) is 151 cm³/mol. The average molecular weight is 517 g/mol. The van der Waals surface area contributed by atoms with Crippen LogP contribution in [0, 0.1) is 0 Å². The van der Waals surface area contributed by atoms with Crippen molar-refractivity contribution in [1.29, 1.82) is 0 Å². The van der Waals surface area contributed by atoms with Crippen molar-refractivity contribution in [3.05, 3.63) is 69.4 Å². The van der Waals surface area contributed by atoms with Crippen molar-refractivity contribution in [2.24, 2.45) is 0 Å². The highest BCUT2D eigenvalue weighted by molar-refractivity contribution is 7.99. The molecule has 4 rings (SSSR count). The molecule has 0 radical (unpaired) electrons. The monoisotopic (exact) mass is 516 g/mol. The van der Waals surface area contributed by atoms with Crippen LogP contribution in [0.1, 0.15) is 39.0 Å². The van der Waals surface area contributed by atoms with E-state index < -0.39 is 0 Å². The van der Waals surface area contributed by atoms with E-state index in [9.17, 15) is 9.59 Å². The molecule has 2 aromatic carbocycles. The minimum atomic E-state index is -0.309. The average Bonchev–Trinajstić information content (AvgIpc) is 2.87. The number of piperazine rings is 1. The third-order valence-corrected chi connectivity index (χ3v) is 7.80. The van der Waals surface area contributed by atoms with Crippen LogP contribution in [-0.2, 0) is 6.54 Å². The Kier molecular flexibility index (Phi) is 10.8. The summed E-state index contributed by atoms with van der Waals surface area (Å²) in [5.74, 6) is 1.17. The number of aromatic nitrogens is 2. The normalized spacial score (nSPS) is 14.3. The van der Waals surface area contributed by atoms with E-state index in [0.29, 0.717) is 17.4 Å². The fourth-order valence-electron chi connectivity index (χ4n) is 4.63. The fourth-order valence-corrected chi connectivity index (χ4v) is 5.57. The first-order valence-corrected chi connectivity index (χ1v) is 13.6. The molecule has 1 fully saturated rings. The summed E-state index contributed by atoms with van der Waals surface area (Å²) in [6.07, 6.45) is 5.35. The summed E-state index contributed by atoms with van der Waals surface area (Å²) in [4.78, 5) is 34.2. The molecule has 1 N–H and O–H groups in total. The van der Waals surface area contributed by atoms with E-state index in [1.165, 1.54) is 27.3 Å². The fraction of sp³-hybridized carbons (Fsp3) is 0.481. The van der Waals surface area contributed by atoms with Crippen molar-refractivity contribution in [2.75, 3.05) is 43.4 Å². The van der Waals surface area contributed by atoms with Crippen LogP contribution in [0.15, 0.2) is 63.0 Å². The van der Waals surface area contributed by atoms with Crippen molar-refractivity contribution < 1.29 is 0 Å². The van der Waals surface area contributed by atoms with Gasteiger partial charge in [-0.2, -0.15) is 0 Å². The van der Waals surface area contributed by atoms with Gasteiger partial charge in [0, 0.05) is 37.6 Å². The van der Waals surface area contributed by atoms with Crippen LogP contribution in [0.4, 0.5) is 5.69 Å². The first kappa shape index (κ1) is 27.4. The van der Waals surface area contributed by atoms with Gasteiger partial charge in [0.05, 0.1) is 16.6 Å². The second-order valence-corrected chi connectivity index (χ2v) is 10.1. The quantitative estimate of drug-likeness (QED) is 0.287. The molecule has 0 atom stereocenters. The number of rotatable bonds is 11. The number of nitrogens with zero attached hydrogens (tertiary/aromatic N) is 3.